The van der Waals surface area contributed by atoms with Gasteiger partial charge in [0.2, 0.25) is 5.88 Å². The van der Waals surface area contributed by atoms with Gasteiger partial charge in [0.05, 0.1) is 17.2 Å². The first-order valence-corrected chi connectivity index (χ1v) is 11.4. The summed E-state index contributed by atoms with van der Waals surface area (Å²) in [6.07, 6.45) is 6.78. The van der Waals surface area contributed by atoms with E-state index in [0.717, 1.165) is 38.8 Å². The van der Waals surface area contributed by atoms with E-state index in [0.29, 0.717) is 40.8 Å². The summed E-state index contributed by atoms with van der Waals surface area (Å²) in [6, 6.07) is 3.47. The molecule has 2 aliphatic rings. The van der Waals surface area contributed by atoms with Crippen LogP contribution in [0.2, 0.25) is 0 Å². The SMILES string of the molecule is CC(C)Oc1cc2c(O[C@@H]3CCCNC3)ncc(C#CC3(O)CCCC3)c2cc1C(N)=O. The lowest BCUT2D eigenvalue weighted by atomic mass is 10.00. The van der Waals surface area contributed by atoms with E-state index in [9.17, 15) is 9.90 Å². The van der Waals surface area contributed by atoms with E-state index >= 15 is 0 Å². The Morgan fingerprint density at radius 1 is 1.28 bits per heavy atom. The summed E-state index contributed by atoms with van der Waals surface area (Å²) in [7, 11) is 0. The van der Waals surface area contributed by atoms with Crippen LogP contribution in [0.3, 0.4) is 0 Å². The number of hydrogen-bond acceptors (Lipinski definition) is 6. The second-order valence-electron chi connectivity index (χ2n) is 8.98. The highest BCUT2D eigenvalue weighted by molar-refractivity contribution is 6.03. The average molecular weight is 438 g/mol. The number of hydrogen-bond donors (Lipinski definition) is 3. The molecule has 1 atom stereocenters. The van der Waals surface area contributed by atoms with Gasteiger partial charge in [0, 0.05) is 23.5 Å². The molecule has 170 valence electrons. The molecule has 1 saturated heterocycles. The largest absolute Gasteiger partial charge is 0.490 e. The Labute approximate surface area is 188 Å². The molecule has 1 saturated carbocycles. The number of aliphatic hydroxyl groups is 1. The molecule has 1 aromatic heterocycles. The lowest BCUT2D eigenvalue weighted by Crippen LogP contribution is -2.37. The molecule has 4 rings (SSSR count). The van der Waals surface area contributed by atoms with Gasteiger partial charge in [-0.1, -0.05) is 11.8 Å². The van der Waals surface area contributed by atoms with E-state index in [-0.39, 0.29) is 17.8 Å². The molecule has 1 aromatic carbocycles. The lowest BCUT2D eigenvalue weighted by Gasteiger charge is -2.24. The number of pyridine rings is 1. The summed E-state index contributed by atoms with van der Waals surface area (Å²) in [5, 5.41) is 15.4. The third-order valence-corrected chi connectivity index (χ3v) is 5.97. The fourth-order valence-electron chi connectivity index (χ4n) is 4.33. The molecule has 0 spiro atoms. The van der Waals surface area contributed by atoms with Gasteiger partial charge in [-0.3, -0.25) is 4.79 Å². The number of primary amides is 1. The van der Waals surface area contributed by atoms with Gasteiger partial charge in [-0.05, 0) is 71.0 Å². The molecule has 2 aromatic rings. The fourth-order valence-corrected chi connectivity index (χ4v) is 4.33. The number of rotatable bonds is 5. The van der Waals surface area contributed by atoms with E-state index in [2.05, 4.69) is 22.1 Å². The number of benzene rings is 1. The fraction of sp³-hybridized carbons (Fsp3) is 0.520. The summed E-state index contributed by atoms with van der Waals surface area (Å²) in [5.74, 6) is 6.43. The molecule has 32 heavy (non-hydrogen) atoms. The van der Waals surface area contributed by atoms with E-state index < -0.39 is 11.5 Å². The Balaban J connectivity index is 1.83. The van der Waals surface area contributed by atoms with Crippen molar-refractivity contribution in [2.75, 3.05) is 13.1 Å². The van der Waals surface area contributed by atoms with Crippen LogP contribution in [0.25, 0.3) is 10.8 Å². The zero-order valence-electron chi connectivity index (χ0n) is 18.7. The predicted molar refractivity (Wildman–Crippen MR) is 123 cm³/mol. The first kappa shape index (κ1) is 22.4. The molecule has 2 heterocycles. The first-order valence-electron chi connectivity index (χ1n) is 11.4. The highest BCUT2D eigenvalue weighted by atomic mass is 16.5. The van der Waals surface area contributed by atoms with E-state index in [1.807, 2.05) is 13.8 Å². The molecule has 4 N–H and O–H groups in total. The zero-order chi connectivity index (χ0) is 22.7. The van der Waals surface area contributed by atoms with Crippen LogP contribution in [0.4, 0.5) is 0 Å². The summed E-state index contributed by atoms with van der Waals surface area (Å²) < 4.78 is 12.1. The standard InChI is InChI=1S/C25H31N3O4/c1-16(2)31-22-13-20-19(12-21(22)23(26)29)17(7-10-25(30)8-3-4-9-25)14-28-24(20)32-18-6-5-11-27-15-18/h12-14,16,18,27,30H,3-6,8-9,11,15H2,1-2H3,(H2,26,29)/t18-/m1/s1. The number of nitrogens with two attached hydrogens (primary N) is 1. The van der Waals surface area contributed by atoms with Crippen molar-refractivity contribution in [3.05, 3.63) is 29.5 Å². The smallest absolute Gasteiger partial charge is 0.252 e. The molecule has 1 aliphatic carbocycles. The van der Waals surface area contributed by atoms with Crippen LogP contribution in [-0.2, 0) is 0 Å². The number of piperidine rings is 1. The minimum absolute atomic E-state index is 0.0147. The number of carbonyl (C=O) groups excluding carboxylic acids is 1. The predicted octanol–water partition coefficient (Wildman–Crippen LogP) is 2.91. The van der Waals surface area contributed by atoms with Crippen molar-refractivity contribution in [1.29, 1.82) is 0 Å². The van der Waals surface area contributed by atoms with Crippen LogP contribution in [-0.4, -0.2) is 46.9 Å². The molecule has 0 unspecified atom stereocenters. The molecule has 2 fully saturated rings. The van der Waals surface area contributed by atoms with Gasteiger partial charge in [-0.25, -0.2) is 4.98 Å². The highest BCUT2D eigenvalue weighted by Crippen LogP contribution is 2.35. The average Bonchev–Trinajstić information content (AvgIpc) is 3.19. The second-order valence-corrected chi connectivity index (χ2v) is 8.98. The maximum absolute atomic E-state index is 12.2. The van der Waals surface area contributed by atoms with Gasteiger partial charge in [0.15, 0.2) is 0 Å². The van der Waals surface area contributed by atoms with Crippen molar-refractivity contribution in [2.45, 2.75) is 70.2 Å². The molecule has 7 nitrogen and oxygen atoms in total. The molecule has 0 radical (unpaired) electrons. The number of fused-ring (bicyclic) bond motifs is 1. The summed E-state index contributed by atoms with van der Waals surface area (Å²) in [4.78, 5) is 16.7. The van der Waals surface area contributed by atoms with Crippen LogP contribution in [0.5, 0.6) is 11.6 Å². The maximum atomic E-state index is 12.2. The lowest BCUT2D eigenvalue weighted by molar-refractivity contribution is 0.0994. The highest BCUT2D eigenvalue weighted by Gasteiger charge is 2.29. The van der Waals surface area contributed by atoms with Crippen LogP contribution in [0, 0.1) is 11.8 Å². The second kappa shape index (κ2) is 9.35. The zero-order valence-corrected chi connectivity index (χ0v) is 18.7. The first-order chi connectivity index (χ1) is 15.3. The van der Waals surface area contributed by atoms with Crippen LogP contribution < -0.4 is 20.5 Å². The van der Waals surface area contributed by atoms with Gasteiger partial charge >= 0.3 is 0 Å². The minimum Gasteiger partial charge on any atom is -0.490 e. The maximum Gasteiger partial charge on any atom is 0.252 e. The third-order valence-electron chi connectivity index (χ3n) is 5.97. The number of carbonyl (C=O) groups is 1. The number of nitrogens with zero attached hydrogens (tertiary/aromatic N) is 1. The molecular weight excluding hydrogens is 406 g/mol. The Bertz CT molecular complexity index is 1060. The summed E-state index contributed by atoms with van der Waals surface area (Å²) in [5.41, 5.74) is 5.59. The van der Waals surface area contributed by atoms with Crippen LogP contribution >= 0.6 is 0 Å². The number of aromatic nitrogens is 1. The normalized spacial score (nSPS) is 20.1. The van der Waals surface area contributed by atoms with Gasteiger partial charge in [-0.2, -0.15) is 0 Å². The third kappa shape index (κ3) is 4.98. The van der Waals surface area contributed by atoms with Crippen molar-refractivity contribution in [2.24, 2.45) is 5.73 Å². The van der Waals surface area contributed by atoms with Gasteiger partial charge in [0.25, 0.3) is 5.91 Å². The van der Waals surface area contributed by atoms with Crippen molar-refractivity contribution in [3.63, 3.8) is 0 Å². The van der Waals surface area contributed by atoms with E-state index in [1.54, 1.807) is 18.3 Å². The Kier molecular flexibility index (Phi) is 6.54. The van der Waals surface area contributed by atoms with E-state index in [4.69, 9.17) is 15.2 Å². The Morgan fingerprint density at radius 3 is 2.72 bits per heavy atom. The molecular formula is C25H31N3O4. The molecule has 1 amide bonds. The molecule has 0 bridgehead atoms. The quantitative estimate of drug-likeness (QED) is 0.621. The number of amides is 1. The van der Waals surface area contributed by atoms with Crippen molar-refractivity contribution < 1.29 is 19.4 Å². The van der Waals surface area contributed by atoms with Crippen molar-refractivity contribution in [3.8, 4) is 23.5 Å². The minimum atomic E-state index is -0.970. The van der Waals surface area contributed by atoms with E-state index in [1.165, 1.54) is 0 Å². The van der Waals surface area contributed by atoms with Gasteiger partial charge in [0.1, 0.15) is 17.5 Å². The van der Waals surface area contributed by atoms with Crippen molar-refractivity contribution in [1.82, 2.24) is 10.3 Å². The van der Waals surface area contributed by atoms with Gasteiger partial charge < -0.3 is 25.6 Å². The van der Waals surface area contributed by atoms with Crippen LogP contribution in [0.1, 0.15) is 68.3 Å². The van der Waals surface area contributed by atoms with Crippen LogP contribution in [0.15, 0.2) is 18.3 Å². The Morgan fingerprint density at radius 2 is 2.06 bits per heavy atom. The van der Waals surface area contributed by atoms with Gasteiger partial charge in [-0.15, -0.1) is 0 Å². The topological polar surface area (TPSA) is 107 Å². The number of nitrogens with one attached hydrogen (secondary N) is 1. The number of ether oxygens (including phenoxy) is 2. The monoisotopic (exact) mass is 437 g/mol. The molecule has 1 aliphatic heterocycles. The summed E-state index contributed by atoms with van der Waals surface area (Å²) >= 11 is 0. The molecule has 7 heteroatoms. The summed E-state index contributed by atoms with van der Waals surface area (Å²) in [6.45, 7) is 5.53. The Hall–Kier alpha value is -2.82. The van der Waals surface area contributed by atoms with Crippen molar-refractivity contribution >= 4 is 16.7 Å².